The van der Waals surface area contributed by atoms with Gasteiger partial charge >= 0.3 is 0 Å². The van der Waals surface area contributed by atoms with E-state index in [-0.39, 0.29) is 0 Å². The molecule has 0 aliphatic heterocycles. The second-order valence-electron chi connectivity index (χ2n) is 3.40. The zero-order valence-electron chi connectivity index (χ0n) is 9.23. The van der Waals surface area contributed by atoms with Crippen LogP contribution in [0.25, 0.3) is 0 Å². The monoisotopic (exact) mass is 185 g/mol. The molecule has 0 aromatic carbocycles. The lowest BCUT2D eigenvalue weighted by molar-refractivity contribution is 0.136. The summed E-state index contributed by atoms with van der Waals surface area (Å²) in [5, 5.41) is 3.43. The third-order valence-corrected chi connectivity index (χ3v) is 1.90. The Morgan fingerprint density at radius 1 is 1.46 bits per heavy atom. The molecule has 1 unspecified atom stereocenters. The summed E-state index contributed by atoms with van der Waals surface area (Å²) in [4.78, 5) is 0. The molecular formula is C11H23NO. The van der Waals surface area contributed by atoms with Crippen LogP contribution in [0.3, 0.4) is 0 Å². The van der Waals surface area contributed by atoms with Crippen LogP contribution in [0.15, 0.2) is 12.2 Å². The second-order valence-corrected chi connectivity index (χ2v) is 3.40. The van der Waals surface area contributed by atoms with Gasteiger partial charge in [0, 0.05) is 19.3 Å². The van der Waals surface area contributed by atoms with E-state index in [1.54, 1.807) is 0 Å². The van der Waals surface area contributed by atoms with Gasteiger partial charge in [0.15, 0.2) is 0 Å². The molecule has 0 spiro atoms. The summed E-state index contributed by atoms with van der Waals surface area (Å²) in [6.07, 6.45) is 2.13. The molecular weight excluding hydrogens is 162 g/mol. The highest BCUT2D eigenvalue weighted by Crippen LogP contribution is 2.05. The maximum atomic E-state index is 5.32. The second kappa shape index (κ2) is 8.27. The zero-order valence-corrected chi connectivity index (χ0v) is 9.23. The predicted octanol–water partition coefficient (Wildman–Crippen LogP) is 2.36. The van der Waals surface area contributed by atoms with E-state index in [1.807, 2.05) is 6.92 Å². The summed E-state index contributed by atoms with van der Waals surface area (Å²) in [7, 11) is 0. The average molecular weight is 185 g/mol. The zero-order chi connectivity index (χ0) is 10.1. The molecule has 1 N–H and O–H groups in total. The van der Waals surface area contributed by atoms with E-state index in [4.69, 9.17) is 4.74 Å². The topological polar surface area (TPSA) is 21.3 Å². The first-order chi connectivity index (χ1) is 6.20. The van der Waals surface area contributed by atoms with Crippen molar-refractivity contribution in [2.75, 3.05) is 19.8 Å². The molecule has 0 aromatic heterocycles. The lowest BCUT2D eigenvalue weighted by atomic mass is 10.1. The highest BCUT2D eigenvalue weighted by atomic mass is 16.5. The number of hydrogen-bond donors (Lipinski definition) is 1. The van der Waals surface area contributed by atoms with Gasteiger partial charge in [-0.1, -0.05) is 12.5 Å². The van der Waals surface area contributed by atoms with Gasteiger partial charge in [-0.05, 0) is 33.2 Å². The van der Waals surface area contributed by atoms with E-state index in [1.165, 1.54) is 5.57 Å². The molecule has 78 valence electrons. The largest absolute Gasteiger partial charge is 0.382 e. The van der Waals surface area contributed by atoms with Crippen LogP contribution in [0, 0.1) is 0 Å². The summed E-state index contributed by atoms with van der Waals surface area (Å²) in [5.41, 5.74) is 1.24. The highest BCUT2D eigenvalue weighted by molar-refractivity contribution is 4.92. The quantitative estimate of drug-likeness (QED) is 0.463. The van der Waals surface area contributed by atoms with E-state index in [2.05, 4.69) is 25.7 Å². The van der Waals surface area contributed by atoms with Crippen LogP contribution >= 0.6 is 0 Å². The summed E-state index contributed by atoms with van der Waals surface area (Å²) in [5.74, 6) is 0. The molecule has 0 bridgehead atoms. The molecule has 0 heterocycles. The van der Waals surface area contributed by atoms with Crippen molar-refractivity contribution in [3.63, 3.8) is 0 Å². The minimum absolute atomic E-state index is 0.536. The van der Waals surface area contributed by atoms with Crippen LogP contribution in [0.1, 0.15) is 33.6 Å². The highest BCUT2D eigenvalue weighted by Gasteiger charge is 2.06. The third-order valence-electron chi connectivity index (χ3n) is 1.90. The van der Waals surface area contributed by atoms with E-state index in [9.17, 15) is 0 Å². The van der Waals surface area contributed by atoms with Gasteiger partial charge in [0.2, 0.25) is 0 Å². The molecule has 0 saturated carbocycles. The van der Waals surface area contributed by atoms with Crippen molar-refractivity contribution in [2.45, 2.75) is 39.7 Å². The van der Waals surface area contributed by atoms with Gasteiger partial charge in [0.1, 0.15) is 0 Å². The number of hydrogen-bond acceptors (Lipinski definition) is 2. The summed E-state index contributed by atoms with van der Waals surface area (Å²) < 4.78 is 5.32. The maximum absolute atomic E-state index is 5.32. The molecule has 2 nitrogen and oxygen atoms in total. The van der Waals surface area contributed by atoms with Crippen LogP contribution in [0.2, 0.25) is 0 Å². The lowest BCUT2D eigenvalue weighted by Crippen LogP contribution is -2.30. The standard InChI is InChI=1S/C11H23NO/c1-5-12-11(9-10(3)4)7-8-13-6-2/h11-12H,3,5-9H2,1-2,4H3. The third kappa shape index (κ3) is 8.00. The molecule has 0 aliphatic carbocycles. The van der Waals surface area contributed by atoms with Crippen molar-refractivity contribution in [1.82, 2.24) is 5.32 Å². The smallest absolute Gasteiger partial charge is 0.0480 e. The molecule has 0 saturated heterocycles. The minimum Gasteiger partial charge on any atom is -0.382 e. The fourth-order valence-corrected chi connectivity index (χ4v) is 1.36. The van der Waals surface area contributed by atoms with Crippen LogP contribution in [-0.2, 0) is 4.74 Å². The molecule has 0 rings (SSSR count). The van der Waals surface area contributed by atoms with Crippen molar-refractivity contribution >= 4 is 0 Å². The van der Waals surface area contributed by atoms with Gasteiger partial charge in [-0.2, -0.15) is 0 Å². The summed E-state index contributed by atoms with van der Waals surface area (Å²) >= 11 is 0. The normalized spacial score (nSPS) is 12.8. The Morgan fingerprint density at radius 3 is 2.62 bits per heavy atom. The van der Waals surface area contributed by atoms with Gasteiger partial charge in [0.25, 0.3) is 0 Å². The van der Waals surface area contributed by atoms with Gasteiger partial charge in [-0.15, -0.1) is 6.58 Å². The van der Waals surface area contributed by atoms with Crippen molar-refractivity contribution in [3.8, 4) is 0 Å². The van der Waals surface area contributed by atoms with Crippen molar-refractivity contribution in [2.24, 2.45) is 0 Å². The maximum Gasteiger partial charge on any atom is 0.0480 e. The molecule has 0 aliphatic rings. The van der Waals surface area contributed by atoms with Gasteiger partial charge in [0.05, 0.1) is 0 Å². The summed E-state index contributed by atoms with van der Waals surface area (Å²) in [6.45, 7) is 12.8. The van der Waals surface area contributed by atoms with Crippen molar-refractivity contribution < 1.29 is 4.74 Å². The fourth-order valence-electron chi connectivity index (χ4n) is 1.36. The molecule has 0 fully saturated rings. The molecule has 0 radical (unpaired) electrons. The van der Waals surface area contributed by atoms with E-state index >= 15 is 0 Å². The summed E-state index contributed by atoms with van der Waals surface area (Å²) in [6, 6.07) is 0.536. The van der Waals surface area contributed by atoms with Crippen LogP contribution < -0.4 is 5.32 Å². The first kappa shape index (κ1) is 12.7. The van der Waals surface area contributed by atoms with Gasteiger partial charge < -0.3 is 10.1 Å². The molecule has 1 atom stereocenters. The fraction of sp³-hybridized carbons (Fsp3) is 0.818. The first-order valence-corrected chi connectivity index (χ1v) is 5.16. The van der Waals surface area contributed by atoms with E-state index < -0.39 is 0 Å². The van der Waals surface area contributed by atoms with Crippen molar-refractivity contribution in [3.05, 3.63) is 12.2 Å². The Labute approximate surface area is 82.4 Å². The van der Waals surface area contributed by atoms with Crippen LogP contribution in [0.5, 0.6) is 0 Å². The Hall–Kier alpha value is -0.340. The average Bonchev–Trinajstić information content (AvgIpc) is 2.04. The number of nitrogens with one attached hydrogen (secondary N) is 1. The van der Waals surface area contributed by atoms with E-state index in [0.29, 0.717) is 6.04 Å². The lowest BCUT2D eigenvalue weighted by Gasteiger charge is -2.17. The first-order valence-electron chi connectivity index (χ1n) is 5.16. The minimum atomic E-state index is 0.536. The number of rotatable bonds is 8. The Morgan fingerprint density at radius 2 is 2.15 bits per heavy atom. The SMILES string of the molecule is C=C(C)CC(CCOCC)NCC. The van der Waals surface area contributed by atoms with Crippen LogP contribution in [-0.4, -0.2) is 25.8 Å². The molecule has 2 heteroatoms. The predicted molar refractivity (Wildman–Crippen MR) is 58.0 cm³/mol. The van der Waals surface area contributed by atoms with Gasteiger partial charge in [-0.25, -0.2) is 0 Å². The van der Waals surface area contributed by atoms with Crippen LogP contribution in [0.4, 0.5) is 0 Å². The molecule has 0 aromatic rings. The molecule has 0 amide bonds. The van der Waals surface area contributed by atoms with Gasteiger partial charge in [-0.3, -0.25) is 0 Å². The number of ether oxygens (including phenoxy) is 1. The van der Waals surface area contributed by atoms with E-state index in [0.717, 1.165) is 32.6 Å². The Balaban J connectivity index is 3.59. The van der Waals surface area contributed by atoms with Crippen molar-refractivity contribution in [1.29, 1.82) is 0 Å². The Bertz CT molecular complexity index is 134. The molecule has 13 heavy (non-hydrogen) atoms. The Kier molecular flexibility index (Phi) is 8.05.